The molecule has 1 aromatic rings. The van der Waals surface area contributed by atoms with Crippen LogP contribution in [0, 0.1) is 0 Å². The highest BCUT2D eigenvalue weighted by Gasteiger charge is 2.12. The van der Waals surface area contributed by atoms with E-state index in [1.165, 1.54) is 13.2 Å². The highest BCUT2D eigenvalue weighted by atomic mass is 16.5. The van der Waals surface area contributed by atoms with Crippen molar-refractivity contribution in [3.8, 4) is 5.88 Å². The predicted octanol–water partition coefficient (Wildman–Crippen LogP) is -1.94. The molecule has 0 amide bonds. The first kappa shape index (κ1) is 8.83. The molecule has 0 aliphatic heterocycles. The molecule has 0 aliphatic carbocycles. The molecule has 12 heavy (non-hydrogen) atoms. The molecule has 1 rings (SSSR count). The van der Waals surface area contributed by atoms with Gasteiger partial charge in [0.05, 0.1) is 7.11 Å². The topological polar surface area (TPSA) is 82.5 Å². The van der Waals surface area contributed by atoms with Crippen molar-refractivity contribution in [1.29, 1.82) is 0 Å². The quantitative estimate of drug-likeness (QED) is 0.450. The molecule has 0 fully saturated rings. The Morgan fingerprint density at radius 3 is 2.67 bits per heavy atom. The van der Waals surface area contributed by atoms with Gasteiger partial charge in [-0.1, -0.05) is 0 Å². The van der Waals surface area contributed by atoms with Gasteiger partial charge in [0, 0.05) is 6.07 Å². The van der Waals surface area contributed by atoms with Crippen LogP contribution in [0.5, 0.6) is 5.88 Å². The Morgan fingerprint density at radius 1 is 1.50 bits per heavy atom. The molecular weight excluding hydrogens is 161 g/mol. The number of rotatable bonds is 2. The van der Waals surface area contributed by atoms with Gasteiger partial charge in [0.25, 0.3) is 0 Å². The van der Waals surface area contributed by atoms with Crippen molar-refractivity contribution in [2.75, 3.05) is 7.11 Å². The fourth-order valence-electron chi connectivity index (χ4n) is 0.797. The fourth-order valence-corrected chi connectivity index (χ4v) is 0.797. The number of methoxy groups -OCH3 is 1. The minimum absolute atomic E-state index is 0.107. The standard InChI is InChI=1S/C6H8BNO4/c1-12-6-3-4(7(10)11)2-5(9)8-6/h2-3,10-11H,1H3,(H,8,9). The van der Waals surface area contributed by atoms with Crippen LogP contribution >= 0.6 is 0 Å². The first-order valence-corrected chi connectivity index (χ1v) is 3.28. The molecule has 1 heterocycles. The molecule has 0 aliphatic rings. The summed E-state index contributed by atoms with van der Waals surface area (Å²) in [6, 6.07) is 2.43. The van der Waals surface area contributed by atoms with E-state index < -0.39 is 12.7 Å². The number of H-pyrrole nitrogens is 1. The Kier molecular flexibility index (Phi) is 2.52. The largest absolute Gasteiger partial charge is 0.488 e. The van der Waals surface area contributed by atoms with E-state index in [-0.39, 0.29) is 11.3 Å². The minimum Gasteiger partial charge on any atom is -0.482 e. The summed E-state index contributed by atoms with van der Waals surface area (Å²) in [7, 11) is -0.278. The van der Waals surface area contributed by atoms with Gasteiger partial charge in [-0.05, 0) is 11.5 Å². The van der Waals surface area contributed by atoms with Crippen molar-refractivity contribution in [3.63, 3.8) is 0 Å². The van der Waals surface area contributed by atoms with Crippen LogP contribution in [-0.4, -0.2) is 29.3 Å². The summed E-state index contributed by atoms with van der Waals surface area (Å²) in [5.41, 5.74) is -0.326. The second-order valence-corrected chi connectivity index (χ2v) is 2.22. The van der Waals surface area contributed by atoms with Crippen molar-refractivity contribution < 1.29 is 14.8 Å². The Hall–Kier alpha value is -1.27. The molecule has 0 spiro atoms. The first-order valence-electron chi connectivity index (χ1n) is 3.28. The second-order valence-electron chi connectivity index (χ2n) is 2.22. The summed E-state index contributed by atoms with van der Waals surface area (Å²) < 4.78 is 4.71. The van der Waals surface area contributed by atoms with E-state index in [2.05, 4.69) is 4.98 Å². The third-order valence-corrected chi connectivity index (χ3v) is 1.36. The molecular formula is C6H8BNO4. The maximum atomic E-state index is 10.8. The van der Waals surface area contributed by atoms with Crippen LogP contribution in [-0.2, 0) is 0 Å². The van der Waals surface area contributed by atoms with Crippen LogP contribution in [0.15, 0.2) is 16.9 Å². The summed E-state index contributed by atoms with van der Waals surface area (Å²) >= 11 is 0. The van der Waals surface area contributed by atoms with Gasteiger partial charge < -0.3 is 14.8 Å². The molecule has 6 heteroatoms. The van der Waals surface area contributed by atoms with Crippen molar-refractivity contribution >= 4 is 12.6 Å². The second kappa shape index (κ2) is 3.42. The third-order valence-electron chi connectivity index (χ3n) is 1.36. The first-order chi connectivity index (χ1) is 5.63. The zero-order valence-electron chi connectivity index (χ0n) is 6.44. The van der Waals surface area contributed by atoms with E-state index in [0.717, 1.165) is 6.07 Å². The molecule has 0 saturated carbocycles. The van der Waals surface area contributed by atoms with Gasteiger partial charge >= 0.3 is 7.12 Å². The number of hydrogen-bond donors (Lipinski definition) is 3. The SMILES string of the molecule is COc1cc(B(O)O)cc(=O)[nH]1. The van der Waals surface area contributed by atoms with Gasteiger partial charge in [-0.15, -0.1) is 0 Å². The van der Waals surface area contributed by atoms with Crippen LogP contribution in [0.4, 0.5) is 0 Å². The van der Waals surface area contributed by atoms with Crippen molar-refractivity contribution in [2.45, 2.75) is 0 Å². The molecule has 3 N–H and O–H groups in total. The molecule has 0 bridgehead atoms. The summed E-state index contributed by atoms with van der Waals surface area (Å²) in [6.45, 7) is 0. The molecule has 0 aromatic carbocycles. The molecule has 0 radical (unpaired) electrons. The van der Waals surface area contributed by atoms with Gasteiger partial charge in [-0.25, -0.2) is 0 Å². The van der Waals surface area contributed by atoms with E-state index in [4.69, 9.17) is 14.8 Å². The number of ether oxygens (including phenoxy) is 1. The molecule has 0 atom stereocenters. The van der Waals surface area contributed by atoms with E-state index in [1.54, 1.807) is 0 Å². The normalized spacial score (nSPS) is 9.58. The van der Waals surface area contributed by atoms with Gasteiger partial charge in [-0.2, -0.15) is 0 Å². The number of aromatic amines is 1. The zero-order chi connectivity index (χ0) is 9.14. The minimum atomic E-state index is -1.65. The van der Waals surface area contributed by atoms with Crippen LogP contribution in [0.3, 0.4) is 0 Å². The zero-order valence-corrected chi connectivity index (χ0v) is 6.44. The predicted molar refractivity (Wildman–Crippen MR) is 43.4 cm³/mol. The van der Waals surface area contributed by atoms with Gasteiger partial charge in [0.2, 0.25) is 5.56 Å². The lowest BCUT2D eigenvalue weighted by Gasteiger charge is -2.01. The van der Waals surface area contributed by atoms with Crippen molar-refractivity contribution in [2.24, 2.45) is 0 Å². The molecule has 5 nitrogen and oxygen atoms in total. The summed E-state index contributed by atoms with van der Waals surface area (Å²) in [5.74, 6) is 0.200. The molecule has 64 valence electrons. The number of aromatic nitrogens is 1. The average Bonchev–Trinajstić information content (AvgIpc) is 2.03. The lowest BCUT2D eigenvalue weighted by Crippen LogP contribution is -2.33. The van der Waals surface area contributed by atoms with Crippen LogP contribution in [0.25, 0.3) is 0 Å². The summed E-state index contributed by atoms with van der Waals surface area (Å²) in [4.78, 5) is 13.2. The van der Waals surface area contributed by atoms with Crippen molar-refractivity contribution in [1.82, 2.24) is 4.98 Å². The monoisotopic (exact) mass is 169 g/mol. The van der Waals surface area contributed by atoms with Gasteiger partial charge in [0.1, 0.15) is 0 Å². The Labute approximate surface area is 68.8 Å². The lowest BCUT2D eigenvalue weighted by molar-refractivity contribution is 0.395. The summed E-state index contributed by atoms with van der Waals surface area (Å²) in [6.07, 6.45) is 0. The number of nitrogens with one attached hydrogen (secondary N) is 1. The van der Waals surface area contributed by atoms with Crippen LogP contribution in [0.2, 0.25) is 0 Å². The Balaban J connectivity index is 3.15. The fraction of sp³-hybridized carbons (Fsp3) is 0.167. The maximum Gasteiger partial charge on any atom is 0.488 e. The number of pyridine rings is 1. The highest BCUT2D eigenvalue weighted by molar-refractivity contribution is 6.58. The number of hydrogen-bond acceptors (Lipinski definition) is 4. The van der Waals surface area contributed by atoms with E-state index in [1.807, 2.05) is 0 Å². The van der Waals surface area contributed by atoms with E-state index >= 15 is 0 Å². The molecule has 1 aromatic heterocycles. The average molecular weight is 169 g/mol. The van der Waals surface area contributed by atoms with Crippen LogP contribution < -0.4 is 15.8 Å². The summed E-state index contributed by atoms with van der Waals surface area (Å²) in [5, 5.41) is 17.4. The van der Waals surface area contributed by atoms with E-state index in [9.17, 15) is 4.79 Å². The molecule has 0 unspecified atom stereocenters. The van der Waals surface area contributed by atoms with Crippen molar-refractivity contribution in [3.05, 3.63) is 22.5 Å². The van der Waals surface area contributed by atoms with E-state index in [0.29, 0.717) is 0 Å². The third kappa shape index (κ3) is 1.87. The highest BCUT2D eigenvalue weighted by Crippen LogP contribution is 1.96. The molecule has 0 saturated heterocycles. The van der Waals surface area contributed by atoms with Gasteiger partial charge in [-0.3, -0.25) is 9.78 Å². The maximum absolute atomic E-state index is 10.8. The Morgan fingerprint density at radius 2 is 2.17 bits per heavy atom. The lowest BCUT2D eigenvalue weighted by atomic mass is 9.81. The van der Waals surface area contributed by atoms with Crippen LogP contribution in [0.1, 0.15) is 0 Å². The smallest absolute Gasteiger partial charge is 0.482 e. The van der Waals surface area contributed by atoms with Gasteiger partial charge in [0.15, 0.2) is 5.88 Å². The Bertz CT molecular complexity index is 322.